The summed E-state index contributed by atoms with van der Waals surface area (Å²) in [6.07, 6.45) is 6.03. The number of likely N-dealkylation sites (tertiary alicyclic amines) is 1. The van der Waals surface area contributed by atoms with Crippen LogP contribution in [-0.4, -0.2) is 56.9 Å². The van der Waals surface area contributed by atoms with E-state index in [9.17, 15) is 19.5 Å². The zero-order valence-corrected chi connectivity index (χ0v) is 15.9. The quantitative estimate of drug-likeness (QED) is 0.865. The maximum absolute atomic E-state index is 13.2. The fraction of sp³-hybridized carbons (Fsp3) is 0.500. The molecule has 2 aromatic rings. The van der Waals surface area contributed by atoms with E-state index in [1.807, 2.05) is 0 Å². The third-order valence-electron chi connectivity index (χ3n) is 5.59. The van der Waals surface area contributed by atoms with E-state index in [0.29, 0.717) is 30.9 Å². The normalized spacial score (nSPS) is 20.0. The molecule has 148 valence electrons. The Balaban J connectivity index is 1.83. The van der Waals surface area contributed by atoms with Gasteiger partial charge in [0.1, 0.15) is 11.9 Å². The molecule has 28 heavy (non-hydrogen) atoms. The van der Waals surface area contributed by atoms with Crippen molar-refractivity contribution in [2.24, 2.45) is 0 Å². The van der Waals surface area contributed by atoms with Crippen molar-refractivity contribution >= 4 is 23.3 Å². The molecule has 0 radical (unpaired) electrons. The van der Waals surface area contributed by atoms with Gasteiger partial charge in [0, 0.05) is 31.9 Å². The summed E-state index contributed by atoms with van der Waals surface area (Å²) in [5, 5.41) is 9.43. The van der Waals surface area contributed by atoms with Crippen molar-refractivity contribution in [1.82, 2.24) is 14.3 Å². The van der Waals surface area contributed by atoms with E-state index in [4.69, 9.17) is 0 Å². The highest BCUT2D eigenvalue weighted by molar-refractivity contribution is 6.02. The Morgan fingerprint density at radius 3 is 2.57 bits per heavy atom. The van der Waals surface area contributed by atoms with Gasteiger partial charge in [0.2, 0.25) is 0 Å². The molecule has 1 amide bonds. The number of fused-ring (bicyclic) bond motifs is 1. The summed E-state index contributed by atoms with van der Waals surface area (Å²) < 4.78 is 1.39. The summed E-state index contributed by atoms with van der Waals surface area (Å²) in [5.74, 6) is -0.797. The third-order valence-corrected chi connectivity index (χ3v) is 5.59. The lowest BCUT2D eigenvalue weighted by molar-refractivity contribution is -0.141. The number of carbonyl (C=O) groups excluding carboxylic acids is 1. The van der Waals surface area contributed by atoms with Gasteiger partial charge in [-0.15, -0.1) is 0 Å². The van der Waals surface area contributed by atoms with Crippen molar-refractivity contribution in [3.63, 3.8) is 0 Å². The second-order valence-electron chi connectivity index (χ2n) is 7.62. The van der Waals surface area contributed by atoms with Crippen LogP contribution in [0.3, 0.4) is 0 Å². The van der Waals surface area contributed by atoms with Gasteiger partial charge in [0.15, 0.2) is 5.65 Å². The molecule has 2 aromatic heterocycles. The first-order valence-corrected chi connectivity index (χ1v) is 9.78. The summed E-state index contributed by atoms with van der Waals surface area (Å²) in [4.78, 5) is 45.6. The van der Waals surface area contributed by atoms with Crippen LogP contribution in [-0.2, 0) is 4.79 Å². The molecule has 8 heteroatoms. The SMILES string of the molecule is Cc1cc(C(=O)N2CCCC2C(=O)O)c2nc(N3CCCCC3)cc(=O)n2c1. The Morgan fingerprint density at radius 2 is 1.86 bits per heavy atom. The number of aromatic nitrogens is 2. The second-order valence-corrected chi connectivity index (χ2v) is 7.62. The highest BCUT2D eigenvalue weighted by Crippen LogP contribution is 2.24. The Labute approximate surface area is 162 Å². The third kappa shape index (κ3) is 3.23. The van der Waals surface area contributed by atoms with E-state index in [2.05, 4.69) is 9.88 Å². The van der Waals surface area contributed by atoms with Gasteiger partial charge >= 0.3 is 5.97 Å². The Hall–Kier alpha value is -2.90. The largest absolute Gasteiger partial charge is 0.480 e. The van der Waals surface area contributed by atoms with Crippen molar-refractivity contribution in [3.05, 3.63) is 39.8 Å². The monoisotopic (exact) mass is 384 g/mol. The van der Waals surface area contributed by atoms with E-state index in [1.54, 1.807) is 19.2 Å². The molecule has 0 saturated carbocycles. The first-order chi connectivity index (χ1) is 13.5. The predicted molar refractivity (Wildman–Crippen MR) is 104 cm³/mol. The number of hydrogen-bond donors (Lipinski definition) is 1. The van der Waals surface area contributed by atoms with Crippen LogP contribution in [0.5, 0.6) is 0 Å². The van der Waals surface area contributed by atoms with Gasteiger partial charge in [-0.2, -0.15) is 0 Å². The van der Waals surface area contributed by atoms with E-state index >= 15 is 0 Å². The van der Waals surface area contributed by atoms with Gasteiger partial charge < -0.3 is 14.9 Å². The number of carboxylic acid groups (broad SMARTS) is 1. The number of hydrogen-bond acceptors (Lipinski definition) is 5. The Kier molecular flexibility index (Phi) is 4.78. The molecule has 1 unspecified atom stereocenters. The van der Waals surface area contributed by atoms with Crippen molar-refractivity contribution < 1.29 is 14.7 Å². The fourth-order valence-corrected chi connectivity index (χ4v) is 4.19. The molecule has 2 aliphatic rings. The zero-order chi connectivity index (χ0) is 19.8. The zero-order valence-electron chi connectivity index (χ0n) is 15.9. The van der Waals surface area contributed by atoms with Gasteiger partial charge in [0.05, 0.1) is 5.56 Å². The number of anilines is 1. The molecular formula is C20H24N4O4. The van der Waals surface area contributed by atoms with Gasteiger partial charge in [-0.1, -0.05) is 0 Å². The standard InChI is InChI=1S/C20H24N4O4/c1-13-10-14(19(26)23-9-5-6-15(23)20(27)28)18-21-16(11-17(25)24(18)12-13)22-7-3-2-4-8-22/h10-12,15H,2-9H2,1H3,(H,27,28). The van der Waals surface area contributed by atoms with Crippen LogP contribution in [0, 0.1) is 6.92 Å². The molecular weight excluding hydrogens is 360 g/mol. The van der Waals surface area contributed by atoms with Crippen LogP contribution < -0.4 is 10.5 Å². The molecule has 2 fully saturated rings. The van der Waals surface area contributed by atoms with E-state index in [0.717, 1.165) is 37.9 Å². The van der Waals surface area contributed by atoms with Crippen LogP contribution in [0.1, 0.15) is 48.0 Å². The van der Waals surface area contributed by atoms with Crippen LogP contribution in [0.4, 0.5) is 5.82 Å². The maximum atomic E-state index is 13.2. The molecule has 2 saturated heterocycles. The van der Waals surface area contributed by atoms with Gasteiger partial charge in [-0.3, -0.25) is 14.0 Å². The molecule has 8 nitrogen and oxygen atoms in total. The molecule has 0 aliphatic carbocycles. The summed E-state index contributed by atoms with van der Waals surface area (Å²) in [7, 11) is 0. The summed E-state index contributed by atoms with van der Waals surface area (Å²) in [6.45, 7) is 3.88. The summed E-state index contributed by atoms with van der Waals surface area (Å²) in [5.41, 5.74) is 1.08. The summed E-state index contributed by atoms with van der Waals surface area (Å²) in [6, 6.07) is 2.38. The lowest BCUT2D eigenvalue weighted by Crippen LogP contribution is -2.41. The highest BCUT2D eigenvalue weighted by Gasteiger charge is 2.35. The topological polar surface area (TPSA) is 95.2 Å². The van der Waals surface area contributed by atoms with E-state index in [1.165, 1.54) is 15.4 Å². The lowest BCUT2D eigenvalue weighted by atomic mass is 10.1. The molecule has 4 rings (SSSR count). The Bertz CT molecular complexity index is 994. The number of carbonyl (C=O) groups is 2. The lowest BCUT2D eigenvalue weighted by Gasteiger charge is -2.28. The molecule has 0 spiro atoms. The van der Waals surface area contributed by atoms with Crippen LogP contribution in [0.15, 0.2) is 23.1 Å². The summed E-state index contributed by atoms with van der Waals surface area (Å²) >= 11 is 0. The predicted octanol–water partition coefficient (Wildman–Crippen LogP) is 1.68. The van der Waals surface area contributed by atoms with Crippen LogP contribution in [0.25, 0.3) is 5.65 Å². The minimum atomic E-state index is -0.998. The smallest absolute Gasteiger partial charge is 0.326 e. The fourth-order valence-electron chi connectivity index (χ4n) is 4.19. The van der Waals surface area contributed by atoms with Crippen LogP contribution >= 0.6 is 0 Å². The number of piperidine rings is 1. The average Bonchev–Trinajstić information content (AvgIpc) is 3.18. The molecule has 2 aliphatic heterocycles. The number of rotatable bonds is 3. The van der Waals surface area contributed by atoms with Gasteiger partial charge in [-0.05, 0) is 50.7 Å². The number of aryl methyl sites for hydroxylation is 1. The van der Waals surface area contributed by atoms with Crippen molar-refractivity contribution in [3.8, 4) is 0 Å². The first kappa shape index (κ1) is 18.5. The van der Waals surface area contributed by atoms with E-state index < -0.39 is 12.0 Å². The molecule has 0 aromatic carbocycles. The van der Waals surface area contributed by atoms with Crippen molar-refractivity contribution in [2.45, 2.75) is 45.1 Å². The number of pyridine rings is 1. The minimum Gasteiger partial charge on any atom is -0.480 e. The molecule has 1 atom stereocenters. The minimum absolute atomic E-state index is 0.237. The molecule has 1 N–H and O–H groups in total. The maximum Gasteiger partial charge on any atom is 0.326 e. The van der Waals surface area contributed by atoms with Crippen molar-refractivity contribution in [2.75, 3.05) is 24.5 Å². The average molecular weight is 384 g/mol. The van der Waals surface area contributed by atoms with E-state index in [-0.39, 0.29) is 17.0 Å². The first-order valence-electron chi connectivity index (χ1n) is 9.78. The molecule has 4 heterocycles. The highest BCUT2D eigenvalue weighted by atomic mass is 16.4. The van der Waals surface area contributed by atoms with Gasteiger partial charge in [0.25, 0.3) is 11.5 Å². The van der Waals surface area contributed by atoms with Crippen molar-refractivity contribution in [1.29, 1.82) is 0 Å². The number of amides is 1. The Morgan fingerprint density at radius 1 is 1.11 bits per heavy atom. The second kappa shape index (κ2) is 7.26. The molecule has 0 bridgehead atoms. The number of nitrogens with zero attached hydrogens (tertiary/aromatic N) is 4. The van der Waals surface area contributed by atoms with Crippen LogP contribution in [0.2, 0.25) is 0 Å². The number of aliphatic carboxylic acids is 1. The van der Waals surface area contributed by atoms with Gasteiger partial charge in [-0.25, -0.2) is 9.78 Å². The number of carboxylic acids is 1.